The van der Waals surface area contributed by atoms with E-state index in [2.05, 4.69) is 22.4 Å². The largest absolute Gasteiger partial charge is 0.409 e. The van der Waals surface area contributed by atoms with E-state index in [1.165, 1.54) is 32.1 Å². The number of nitrogens with two attached hydrogens (primary N) is 1. The predicted molar refractivity (Wildman–Crippen MR) is 79.6 cm³/mol. The molecule has 1 unspecified atom stereocenters. The van der Waals surface area contributed by atoms with Crippen LogP contribution in [0, 0.1) is 0 Å². The Morgan fingerprint density at radius 1 is 1.42 bits per heavy atom. The summed E-state index contributed by atoms with van der Waals surface area (Å²) in [6, 6.07) is 0.768. The molecular weight excluding hydrogens is 240 g/mol. The topological polar surface area (TPSA) is 73.9 Å². The van der Waals surface area contributed by atoms with Crippen LogP contribution in [-0.2, 0) is 0 Å². The summed E-state index contributed by atoms with van der Waals surface area (Å²) >= 11 is 0. The van der Waals surface area contributed by atoms with Gasteiger partial charge in [0.15, 0.2) is 5.84 Å². The predicted octanol–water partition coefficient (Wildman–Crippen LogP) is 1.76. The van der Waals surface area contributed by atoms with E-state index in [0.717, 1.165) is 32.0 Å². The molecular formula is C14H30N4O. The number of nitrogens with zero attached hydrogens (tertiary/aromatic N) is 2. The molecule has 0 aromatic rings. The minimum absolute atomic E-state index is 0.00927. The second-order valence-corrected chi connectivity index (χ2v) is 5.57. The van der Waals surface area contributed by atoms with Gasteiger partial charge in [0.25, 0.3) is 0 Å². The highest BCUT2D eigenvalue weighted by molar-refractivity contribution is 5.85. The van der Waals surface area contributed by atoms with E-state index in [-0.39, 0.29) is 11.9 Å². The van der Waals surface area contributed by atoms with E-state index in [9.17, 15) is 0 Å². The smallest absolute Gasteiger partial charge is 0.156 e. The van der Waals surface area contributed by atoms with E-state index >= 15 is 0 Å². The van der Waals surface area contributed by atoms with Gasteiger partial charge in [-0.15, -0.1) is 0 Å². The second kappa shape index (κ2) is 9.15. The zero-order valence-corrected chi connectivity index (χ0v) is 12.4. The quantitative estimate of drug-likeness (QED) is 0.206. The van der Waals surface area contributed by atoms with Gasteiger partial charge in [0, 0.05) is 6.04 Å². The van der Waals surface area contributed by atoms with Crippen molar-refractivity contribution in [2.75, 3.05) is 20.1 Å². The molecule has 5 nitrogen and oxygen atoms in total. The van der Waals surface area contributed by atoms with Crippen molar-refractivity contribution in [3.8, 4) is 0 Å². The lowest BCUT2D eigenvalue weighted by Crippen LogP contribution is -2.42. The van der Waals surface area contributed by atoms with Gasteiger partial charge in [0.1, 0.15) is 0 Å². The molecule has 0 spiro atoms. The van der Waals surface area contributed by atoms with Gasteiger partial charge in [0.2, 0.25) is 0 Å². The lowest BCUT2D eigenvalue weighted by Gasteiger charge is -2.31. The maximum atomic E-state index is 8.67. The summed E-state index contributed by atoms with van der Waals surface area (Å²) in [6.45, 7) is 4.06. The van der Waals surface area contributed by atoms with Gasteiger partial charge in [-0.05, 0) is 45.8 Å². The number of amidine groups is 1. The average molecular weight is 270 g/mol. The summed E-state index contributed by atoms with van der Waals surface area (Å²) < 4.78 is 0. The molecule has 0 radical (unpaired) electrons. The van der Waals surface area contributed by atoms with Gasteiger partial charge in [-0.3, -0.25) is 0 Å². The SMILES string of the molecule is CCC(NCCCN(C)C1CCCCC1)C(N)=NO. The Kier molecular flexibility index (Phi) is 7.82. The molecule has 1 rings (SSSR count). The molecule has 0 aliphatic heterocycles. The van der Waals surface area contributed by atoms with Crippen LogP contribution in [0.15, 0.2) is 5.16 Å². The van der Waals surface area contributed by atoms with Gasteiger partial charge in [0.05, 0.1) is 6.04 Å². The fourth-order valence-electron chi connectivity index (χ4n) is 2.84. The van der Waals surface area contributed by atoms with Crippen LogP contribution in [0.2, 0.25) is 0 Å². The first kappa shape index (κ1) is 16.2. The lowest BCUT2D eigenvalue weighted by atomic mass is 9.94. The molecule has 0 aromatic carbocycles. The molecule has 19 heavy (non-hydrogen) atoms. The van der Waals surface area contributed by atoms with E-state index in [1.54, 1.807) is 0 Å². The van der Waals surface area contributed by atoms with Crippen LogP contribution in [-0.4, -0.2) is 48.2 Å². The number of rotatable bonds is 8. The standard InChI is InChI=1S/C14H30N4O/c1-3-13(14(15)17-19)16-10-7-11-18(2)12-8-5-4-6-9-12/h12-13,16,19H,3-11H2,1-2H3,(H2,15,17). The van der Waals surface area contributed by atoms with Crippen molar-refractivity contribution < 1.29 is 5.21 Å². The number of hydrogen-bond acceptors (Lipinski definition) is 4. The monoisotopic (exact) mass is 270 g/mol. The molecule has 0 bridgehead atoms. The molecule has 112 valence electrons. The van der Waals surface area contributed by atoms with E-state index in [0.29, 0.717) is 0 Å². The molecule has 0 amide bonds. The van der Waals surface area contributed by atoms with Crippen LogP contribution in [0.25, 0.3) is 0 Å². The number of nitrogens with one attached hydrogen (secondary N) is 1. The van der Waals surface area contributed by atoms with Crippen LogP contribution in [0.1, 0.15) is 51.9 Å². The third kappa shape index (κ3) is 5.78. The van der Waals surface area contributed by atoms with Crippen molar-refractivity contribution in [3.05, 3.63) is 0 Å². The maximum Gasteiger partial charge on any atom is 0.156 e. The third-order valence-electron chi connectivity index (χ3n) is 4.16. The lowest BCUT2D eigenvalue weighted by molar-refractivity contribution is 0.189. The summed E-state index contributed by atoms with van der Waals surface area (Å²) in [4.78, 5) is 2.49. The van der Waals surface area contributed by atoms with Crippen molar-refractivity contribution in [1.82, 2.24) is 10.2 Å². The van der Waals surface area contributed by atoms with E-state index in [1.807, 2.05) is 6.92 Å². The molecule has 5 heteroatoms. The Balaban J connectivity index is 2.15. The molecule has 1 aliphatic carbocycles. The van der Waals surface area contributed by atoms with Crippen molar-refractivity contribution in [2.45, 2.75) is 64.0 Å². The molecule has 1 atom stereocenters. The maximum absolute atomic E-state index is 8.67. The van der Waals surface area contributed by atoms with Crippen molar-refractivity contribution >= 4 is 5.84 Å². The van der Waals surface area contributed by atoms with Crippen LogP contribution in [0.3, 0.4) is 0 Å². The first-order valence-electron chi connectivity index (χ1n) is 7.60. The highest BCUT2D eigenvalue weighted by atomic mass is 16.4. The molecule has 0 aromatic heterocycles. The highest BCUT2D eigenvalue weighted by Crippen LogP contribution is 2.21. The summed E-state index contributed by atoms with van der Waals surface area (Å²) in [6.07, 6.45) is 8.82. The normalized spacial score (nSPS) is 19.8. The third-order valence-corrected chi connectivity index (χ3v) is 4.16. The van der Waals surface area contributed by atoms with Gasteiger partial charge >= 0.3 is 0 Å². The Bertz CT molecular complexity index is 264. The summed E-state index contributed by atoms with van der Waals surface area (Å²) in [7, 11) is 2.23. The van der Waals surface area contributed by atoms with Crippen molar-refractivity contribution in [3.63, 3.8) is 0 Å². The minimum atomic E-state index is -0.00927. The molecule has 1 saturated carbocycles. The fraction of sp³-hybridized carbons (Fsp3) is 0.929. The van der Waals surface area contributed by atoms with Gasteiger partial charge in [-0.25, -0.2) is 0 Å². The van der Waals surface area contributed by atoms with E-state index < -0.39 is 0 Å². The number of oxime groups is 1. The van der Waals surface area contributed by atoms with Crippen molar-refractivity contribution in [2.24, 2.45) is 10.9 Å². The summed E-state index contributed by atoms with van der Waals surface area (Å²) in [5.74, 6) is 0.281. The Labute approximate surface area is 117 Å². The Hall–Kier alpha value is -0.810. The van der Waals surface area contributed by atoms with Crippen LogP contribution in [0.4, 0.5) is 0 Å². The molecule has 0 saturated heterocycles. The Morgan fingerprint density at radius 3 is 2.68 bits per heavy atom. The number of hydrogen-bond donors (Lipinski definition) is 3. The van der Waals surface area contributed by atoms with Gasteiger partial charge < -0.3 is 21.2 Å². The molecule has 1 fully saturated rings. The van der Waals surface area contributed by atoms with Crippen LogP contribution in [0.5, 0.6) is 0 Å². The fourth-order valence-corrected chi connectivity index (χ4v) is 2.84. The van der Waals surface area contributed by atoms with Crippen LogP contribution < -0.4 is 11.1 Å². The minimum Gasteiger partial charge on any atom is -0.409 e. The summed E-state index contributed by atoms with van der Waals surface area (Å²) in [5, 5.41) is 15.1. The first-order chi connectivity index (χ1) is 9.19. The van der Waals surface area contributed by atoms with Gasteiger partial charge in [-0.1, -0.05) is 31.3 Å². The van der Waals surface area contributed by atoms with Crippen molar-refractivity contribution in [1.29, 1.82) is 0 Å². The molecule has 4 N–H and O–H groups in total. The van der Waals surface area contributed by atoms with Crippen LogP contribution >= 0.6 is 0 Å². The first-order valence-corrected chi connectivity index (χ1v) is 7.60. The van der Waals surface area contributed by atoms with Gasteiger partial charge in [-0.2, -0.15) is 0 Å². The van der Waals surface area contributed by atoms with E-state index in [4.69, 9.17) is 10.9 Å². The summed E-state index contributed by atoms with van der Waals surface area (Å²) in [5.41, 5.74) is 5.61. The highest BCUT2D eigenvalue weighted by Gasteiger charge is 2.17. The zero-order valence-electron chi connectivity index (χ0n) is 12.4. The average Bonchev–Trinajstić information content (AvgIpc) is 2.47. The molecule has 1 aliphatic rings. The molecule has 0 heterocycles. The zero-order chi connectivity index (χ0) is 14.1. The Morgan fingerprint density at radius 2 is 2.11 bits per heavy atom. The second-order valence-electron chi connectivity index (χ2n) is 5.57.